The average Bonchev–Trinajstić information content (AvgIpc) is 2.39. The Labute approximate surface area is 107 Å². The van der Waals surface area contributed by atoms with Gasteiger partial charge in [0.05, 0.1) is 0 Å². The molecule has 1 aromatic rings. The SMILES string of the molecule is CNC(CCOCC(F)F)CCc1ccccc1. The Hall–Kier alpha value is -1.00. The van der Waals surface area contributed by atoms with Crippen LogP contribution in [0.15, 0.2) is 30.3 Å². The molecule has 1 atom stereocenters. The topological polar surface area (TPSA) is 21.3 Å². The fourth-order valence-electron chi connectivity index (χ4n) is 1.82. The smallest absolute Gasteiger partial charge is 0.261 e. The van der Waals surface area contributed by atoms with E-state index in [4.69, 9.17) is 4.74 Å². The number of hydrogen-bond donors (Lipinski definition) is 1. The lowest BCUT2D eigenvalue weighted by Crippen LogP contribution is -2.27. The van der Waals surface area contributed by atoms with E-state index in [0.29, 0.717) is 12.6 Å². The van der Waals surface area contributed by atoms with Crippen LogP contribution in [0.1, 0.15) is 18.4 Å². The lowest BCUT2D eigenvalue weighted by molar-refractivity contribution is 0.0144. The third-order valence-electron chi connectivity index (χ3n) is 2.89. The molecule has 0 fully saturated rings. The van der Waals surface area contributed by atoms with Crippen molar-refractivity contribution in [1.29, 1.82) is 0 Å². The standard InChI is InChI=1S/C14H21F2NO/c1-17-13(9-10-18-11-14(15)16)8-7-12-5-3-2-4-6-12/h2-6,13-14,17H,7-11H2,1H3. The van der Waals surface area contributed by atoms with Crippen molar-refractivity contribution in [2.45, 2.75) is 31.7 Å². The Kier molecular flexibility index (Phi) is 7.53. The fraction of sp³-hybridized carbons (Fsp3) is 0.571. The van der Waals surface area contributed by atoms with Gasteiger partial charge in [0.25, 0.3) is 6.43 Å². The molecule has 0 aliphatic carbocycles. The molecule has 0 aliphatic rings. The van der Waals surface area contributed by atoms with E-state index in [-0.39, 0.29) is 0 Å². The van der Waals surface area contributed by atoms with Gasteiger partial charge in [-0.15, -0.1) is 0 Å². The van der Waals surface area contributed by atoms with E-state index in [9.17, 15) is 8.78 Å². The second-order valence-electron chi connectivity index (χ2n) is 4.26. The van der Waals surface area contributed by atoms with Gasteiger partial charge < -0.3 is 10.1 Å². The molecule has 0 aliphatic heterocycles. The van der Waals surface area contributed by atoms with E-state index in [2.05, 4.69) is 17.4 Å². The molecule has 1 rings (SSSR count). The fourth-order valence-corrected chi connectivity index (χ4v) is 1.82. The second-order valence-corrected chi connectivity index (χ2v) is 4.26. The van der Waals surface area contributed by atoms with Crippen LogP contribution in [0.3, 0.4) is 0 Å². The summed E-state index contributed by atoms with van der Waals surface area (Å²) in [6.45, 7) is -0.0836. The van der Waals surface area contributed by atoms with Gasteiger partial charge >= 0.3 is 0 Å². The summed E-state index contributed by atoms with van der Waals surface area (Å²) in [7, 11) is 1.89. The van der Waals surface area contributed by atoms with Crippen LogP contribution in [0, 0.1) is 0 Å². The van der Waals surface area contributed by atoms with Gasteiger partial charge in [0.1, 0.15) is 6.61 Å². The maximum atomic E-state index is 11.9. The predicted octanol–water partition coefficient (Wildman–Crippen LogP) is 2.88. The van der Waals surface area contributed by atoms with Crippen LogP contribution < -0.4 is 5.32 Å². The van der Waals surface area contributed by atoms with Gasteiger partial charge in [0.2, 0.25) is 0 Å². The summed E-state index contributed by atoms with van der Waals surface area (Å²) in [6.07, 6.45) is 0.359. The highest BCUT2D eigenvalue weighted by Gasteiger charge is 2.07. The third kappa shape index (κ3) is 6.67. The quantitative estimate of drug-likeness (QED) is 0.687. The highest BCUT2D eigenvalue weighted by Crippen LogP contribution is 2.07. The van der Waals surface area contributed by atoms with Gasteiger partial charge in [-0.25, -0.2) is 8.78 Å². The van der Waals surface area contributed by atoms with Crippen molar-refractivity contribution in [3.8, 4) is 0 Å². The van der Waals surface area contributed by atoms with Crippen molar-refractivity contribution in [2.24, 2.45) is 0 Å². The van der Waals surface area contributed by atoms with E-state index >= 15 is 0 Å². The molecule has 18 heavy (non-hydrogen) atoms. The first kappa shape index (κ1) is 15.1. The van der Waals surface area contributed by atoms with E-state index in [1.54, 1.807) is 0 Å². The summed E-state index contributed by atoms with van der Waals surface area (Å²) in [5, 5.41) is 3.19. The molecule has 102 valence electrons. The van der Waals surface area contributed by atoms with Gasteiger partial charge in [-0.1, -0.05) is 30.3 Å². The summed E-state index contributed by atoms with van der Waals surface area (Å²) in [4.78, 5) is 0. The molecule has 0 saturated carbocycles. The third-order valence-corrected chi connectivity index (χ3v) is 2.89. The summed E-state index contributed by atoms with van der Waals surface area (Å²) < 4.78 is 28.6. The molecule has 1 unspecified atom stereocenters. The number of hydrogen-bond acceptors (Lipinski definition) is 2. The minimum atomic E-state index is -2.37. The minimum absolute atomic E-state index is 0.308. The second kappa shape index (κ2) is 9.00. The zero-order valence-corrected chi connectivity index (χ0v) is 10.7. The van der Waals surface area contributed by atoms with Crippen molar-refractivity contribution < 1.29 is 13.5 Å². The summed E-state index contributed by atoms with van der Waals surface area (Å²) in [5.74, 6) is 0. The van der Waals surface area contributed by atoms with E-state index in [1.807, 2.05) is 25.2 Å². The summed E-state index contributed by atoms with van der Waals surface area (Å²) in [6, 6.07) is 10.5. The monoisotopic (exact) mass is 257 g/mol. The number of aryl methyl sites for hydroxylation is 1. The molecule has 0 heterocycles. The molecule has 1 N–H and O–H groups in total. The lowest BCUT2D eigenvalue weighted by Gasteiger charge is -2.16. The molecule has 2 nitrogen and oxygen atoms in total. The van der Waals surface area contributed by atoms with Gasteiger partial charge in [-0.2, -0.15) is 0 Å². The normalized spacial score (nSPS) is 12.9. The average molecular weight is 257 g/mol. The van der Waals surface area contributed by atoms with Crippen molar-refractivity contribution in [3.63, 3.8) is 0 Å². The number of alkyl halides is 2. The first-order chi connectivity index (χ1) is 8.72. The molecule has 1 aromatic carbocycles. The minimum Gasteiger partial charge on any atom is -0.375 e. The van der Waals surface area contributed by atoms with Gasteiger partial charge in [-0.05, 0) is 31.9 Å². The Balaban J connectivity index is 2.17. The van der Waals surface area contributed by atoms with Crippen LogP contribution in [0.5, 0.6) is 0 Å². The molecule has 4 heteroatoms. The molecular weight excluding hydrogens is 236 g/mol. The Morgan fingerprint density at radius 3 is 2.50 bits per heavy atom. The zero-order valence-electron chi connectivity index (χ0n) is 10.7. The first-order valence-electron chi connectivity index (χ1n) is 6.29. The molecule has 0 spiro atoms. The van der Waals surface area contributed by atoms with Crippen molar-refractivity contribution in [2.75, 3.05) is 20.3 Å². The maximum Gasteiger partial charge on any atom is 0.261 e. The molecule has 0 amide bonds. The van der Waals surface area contributed by atoms with Crippen LogP contribution in [0.25, 0.3) is 0 Å². The number of ether oxygens (including phenoxy) is 1. The number of benzene rings is 1. The van der Waals surface area contributed by atoms with E-state index < -0.39 is 13.0 Å². The Morgan fingerprint density at radius 2 is 1.89 bits per heavy atom. The number of rotatable bonds is 9. The lowest BCUT2D eigenvalue weighted by atomic mass is 10.0. The Morgan fingerprint density at radius 1 is 1.17 bits per heavy atom. The summed E-state index contributed by atoms with van der Waals surface area (Å²) in [5.41, 5.74) is 1.30. The molecule has 0 saturated heterocycles. The molecule has 0 aromatic heterocycles. The van der Waals surface area contributed by atoms with E-state index in [1.165, 1.54) is 5.56 Å². The Bertz CT molecular complexity index is 306. The highest BCUT2D eigenvalue weighted by molar-refractivity contribution is 5.14. The largest absolute Gasteiger partial charge is 0.375 e. The predicted molar refractivity (Wildman–Crippen MR) is 69.1 cm³/mol. The maximum absolute atomic E-state index is 11.9. The van der Waals surface area contributed by atoms with Crippen LogP contribution in [-0.2, 0) is 11.2 Å². The van der Waals surface area contributed by atoms with Crippen LogP contribution >= 0.6 is 0 Å². The zero-order chi connectivity index (χ0) is 13.2. The number of nitrogens with one attached hydrogen (secondary N) is 1. The highest BCUT2D eigenvalue weighted by atomic mass is 19.3. The molecule has 0 bridgehead atoms. The molecule has 0 radical (unpaired) electrons. The van der Waals surface area contributed by atoms with Crippen LogP contribution in [-0.4, -0.2) is 32.7 Å². The van der Waals surface area contributed by atoms with Gasteiger partial charge in [-0.3, -0.25) is 0 Å². The van der Waals surface area contributed by atoms with Gasteiger partial charge in [0.15, 0.2) is 0 Å². The van der Waals surface area contributed by atoms with E-state index in [0.717, 1.165) is 19.3 Å². The molecular formula is C14H21F2NO. The van der Waals surface area contributed by atoms with Crippen molar-refractivity contribution >= 4 is 0 Å². The van der Waals surface area contributed by atoms with Crippen molar-refractivity contribution in [3.05, 3.63) is 35.9 Å². The number of halogens is 2. The van der Waals surface area contributed by atoms with Crippen molar-refractivity contribution in [1.82, 2.24) is 5.32 Å². The summed E-state index contributed by atoms with van der Waals surface area (Å²) >= 11 is 0. The van der Waals surface area contributed by atoms with Crippen LogP contribution in [0.2, 0.25) is 0 Å². The van der Waals surface area contributed by atoms with Crippen LogP contribution in [0.4, 0.5) is 8.78 Å². The van der Waals surface area contributed by atoms with Gasteiger partial charge in [0, 0.05) is 12.6 Å². The first-order valence-corrected chi connectivity index (χ1v) is 6.29.